The summed E-state index contributed by atoms with van der Waals surface area (Å²) in [5.74, 6) is 1.25. The van der Waals surface area contributed by atoms with Gasteiger partial charge in [0.05, 0.1) is 12.7 Å². The number of carbonyl (C=O) groups excluding carboxylic acids is 1. The van der Waals surface area contributed by atoms with Gasteiger partial charge in [0.15, 0.2) is 0 Å². The van der Waals surface area contributed by atoms with Gasteiger partial charge in [-0.3, -0.25) is 4.79 Å². The average molecular weight is 257 g/mol. The predicted octanol–water partition coefficient (Wildman–Crippen LogP) is 1.32. The second-order valence-electron chi connectivity index (χ2n) is 5.54. The number of Topliss-reactive ketones (excluding diaryl/α,β-unsaturated/α-hetero) is 1. The summed E-state index contributed by atoms with van der Waals surface area (Å²) in [6.07, 6.45) is 3.50. The molecule has 3 atom stereocenters. The van der Waals surface area contributed by atoms with E-state index in [4.69, 9.17) is 4.74 Å². The molecule has 0 aromatic heterocycles. The quantitative estimate of drug-likeness (QED) is 0.747. The maximum Gasteiger partial charge on any atom is 0.137 e. The molecule has 1 aliphatic carbocycles. The molecule has 1 saturated carbocycles. The highest BCUT2D eigenvalue weighted by atomic mass is 16.5. The molecule has 1 N–H and O–H groups in total. The molecule has 0 aromatic rings. The minimum absolute atomic E-state index is 0.156. The minimum Gasteiger partial charge on any atom is -0.389 e. The summed E-state index contributed by atoms with van der Waals surface area (Å²) in [5, 5.41) is 9.66. The van der Waals surface area contributed by atoms with Gasteiger partial charge in [0.1, 0.15) is 5.78 Å². The van der Waals surface area contributed by atoms with E-state index in [1.807, 2.05) is 11.9 Å². The molecule has 4 heteroatoms. The number of aliphatic hydroxyl groups is 1. The van der Waals surface area contributed by atoms with Gasteiger partial charge in [-0.05, 0) is 25.8 Å². The molecule has 4 nitrogen and oxygen atoms in total. The van der Waals surface area contributed by atoms with E-state index in [-0.39, 0.29) is 5.92 Å². The number of hydrogen-bond donors (Lipinski definition) is 1. The van der Waals surface area contributed by atoms with Gasteiger partial charge in [-0.15, -0.1) is 0 Å². The van der Waals surface area contributed by atoms with Crippen LogP contribution >= 0.6 is 0 Å². The van der Waals surface area contributed by atoms with Crippen LogP contribution in [0.5, 0.6) is 0 Å². The van der Waals surface area contributed by atoms with Crippen molar-refractivity contribution in [1.29, 1.82) is 0 Å². The van der Waals surface area contributed by atoms with E-state index in [9.17, 15) is 9.90 Å². The second kappa shape index (κ2) is 7.87. The molecule has 0 aromatic carbocycles. The number of nitrogens with zero attached hydrogens (tertiary/aromatic N) is 1. The van der Waals surface area contributed by atoms with Crippen molar-refractivity contribution in [3.05, 3.63) is 0 Å². The number of carbonyl (C=O) groups is 1. The number of likely N-dealkylation sites (N-methyl/N-ethyl adjacent to an activating group) is 1. The summed E-state index contributed by atoms with van der Waals surface area (Å²) in [4.78, 5) is 13.9. The fourth-order valence-electron chi connectivity index (χ4n) is 2.80. The van der Waals surface area contributed by atoms with Gasteiger partial charge in [0.2, 0.25) is 0 Å². The second-order valence-corrected chi connectivity index (χ2v) is 5.54. The zero-order chi connectivity index (χ0) is 13.5. The molecule has 1 fully saturated rings. The topological polar surface area (TPSA) is 49.8 Å². The zero-order valence-electron chi connectivity index (χ0n) is 11.9. The van der Waals surface area contributed by atoms with E-state index in [0.717, 1.165) is 25.8 Å². The van der Waals surface area contributed by atoms with Crippen LogP contribution in [-0.4, -0.2) is 55.7 Å². The van der Waals surface area contributed by atoms with Crippen molar-refractivity contribution in [3.8, 4) is 0 Å². The molecule has 0 aliphatic heterocycles. The zero-order valence-corrected chi connectivity index (χ0v) is 11.9. The number of ketones is 1. The van der Waals surface area contributed by atoms with Gasteiger partial charge in [-0.25, -0.2) is 0 Å². The monoisotopic (exact) mass is 257 g/mol. The Morgan fingerprint density at radius 1 is 1.56 bits per heavy atom. The molecule has 3 unspecified atom stereocenters. The Hall–Kier alpha value is -0.450. The molecule has 0 amide bonds. The van der Waals surface area contributed by atoms with Crippen molar-refractivity contribution < 1.29 is 14.6 Å². The molecule has 0 radical (unpaired) electrons. The van der Waals surface area contributed by atoms with Crippen molar-refractivity contribution in [2.24, 2.45) is 11.8 Å². The summed E-state index contributed by atoms with van der Waals surface area (Å²) in [6.45, 7) is 3.87. The summed E-state index contributed by atoms with van der Waals surface area (Å²) >= 11 is 0. The lowest BCUT2D eigenvalue weighted by Crippen LogP contribution is -2.39. The first-order valence-corrected chi connectivity index (χ1v) is 6.95. The van der Waals surface area contributed by atoms with Gasteiger partial charge < -0.3 is 14.7 Å². The van der Waals surface area contributed by atoms with Crippen LogP contribution in [-0.2, 0) is 9.53 Å². The number of hydrogen-bond acceptors (Lipinski definition) is 4. The van der Waals surface area contributed by atoms with E-state index >= 15 is 0 Å². The Morgan fingerprint density at radius 3 is 2.89 bits per heavy atom. The highest BCUT2D eigenvalue weighted by molar-refractivity contribution is 5.81. The summed E-state index contributed by atoms with van der Waals surface area (Å²) < 4.78 is 4.91. The van der Waals surface area contributed by atoms with Crippen LogP contribution in [0.2, 0.25) is 0 Å². The third kappa shape index (κ3) is 5.04. The van der Waals surface area contributed by atoms with Crippen molar-refractivity contribution in [2.45, 2.75) is 38.7 Å². The Labute approximate surface area is 110 Å². The van der Waals surface area contributed by atoms with Crippen LogP contribution in [0.15, 0.2) is 0 Å². The first kappa shape index (κ1) is 15.6. The molecule has 1 rings (SSSR count). The smallest absolute Gasteiger partial charge is 0.137 e. The van der Waals surface area contributed by atoms with Crippen LogP contribution in [0.4, 0.5) is 0 Å². The number of ether oxygens (including phenoxy) is 1. The Bertz CT molecular complexity index is 257. The van der Waals surface area contributed by atoms with Gasteiger partial charge in [-0.1, -0.05) is 13.3 Å². The lowest BCUT2D eigenvalue weighted by molar-refractivity contribution is -0.126. The van der Waals surface area contributed by atoms with Gasteiger partial charge in [-0.2, -0.15) is 0 Å². The summed E-state index contributed by atoms with van der Waals surface area (Å²) in [5.41, 5.74) is 0. The van der Waals surface area contributed by atoms with E-state index in [0.29, 0.717) is 24.9 Å². The molecule has 0 heterocycles. The molecule has 0 saturated heterocycles. The Kier molecular flexibility index (Phi) is 6.82. The number of aliphatic hydroxyl groups excluding tert-OH is 1. The Morgan fingerprint density at radius 2 is 2.28 bits per heavy atom. The molecular formula is C14H27NO3. The first-order chi connectivity index (χ1) is 8.56. The molecular weight excluding hydrogens is 230 g/mol. The molecule has 0 bridgehead atoms. The van der Waals surface area contributed by atoms with E-state index in [2.05, 4.69) is 6.92 Å². The van der Waals surface area contributed by atoms with Gasteiger partial charge in [0.25, 0.3) is 0 Å². The molecule has 1 aliphatic rings. The highest BCUT2D eigenvalue weighted by Crippen LogP contribution is 2.29. The highest BCUT2D eigenvalue weighted by Gasteiger charge is 2.28. The maximum atomic E-state index is 11.9. The SMILES string of the molecule is CCC1CCC(=O)C(CN(C)CC(O)COC)C1. The van der Waals surface area contributed by atoms with Crippen molar-refractivity contribution in [2.75, 3.05) is 33.9 Å². The van der Waals surface area contributed by atoms with Crippen molar-refractivity contribution >= 4 is 5.78 Å². The van der Waals surface area contributed by atoms with Crippen molar-refractivity contribution in [3.63, 3.8) is 0 Å². The van der Waals surface area contributed by atoms with Crippen LogP contribution < -0.4 is 0 Å². The van der Waals surface area contributed by atoms with Crippen LogP contribution in [0.25, 0.3) is 0 Å². The lowest BCUT2D eigenvalue weighted by atomic mass is 9.79. The Balaban J connectivity index is 2.37. The maximum absolute atomic E-state index is 11.9. The summed E-state index contributed by atoms with van der Waals surface area (Å²) in [7, 11) is 3.54. The normalized spacial score (nSPS) is 26.6. The van der Waals surface area contributed by atoms with E-state index < -0.39 is 6.10 Å². The van der Waals surface area contributed by atoms with E-state index in [1.54, 1.807) is 7.11 Å². The largest absolute Gasteiger partial charge is 0.389 e. The number of rotatable bonds is 7. The van der Waals surface area contributed by atoms with Crippen LogP contribution in [0.3, 0.4) is 0 Å². The lowest BCUT2D eigenvalue weighted by Gasteiger charge is -2.31. The van der Waals surface area contributed by atoms with E-state index in [1.165, 1.54) is 6.42 Å². The third-order valence-corrected chi connectivity index (χ3v) is 3.86. The molecule has 106 valence electrons. The van der Waals surface area contributed by atoms with Crippen LogP contribution in [0, 0.1) is 11.8 Å². The molecule has 0 spiro atoms. The first-order valence-electron chi connectivity index (χ1n) is 6.95. The minimum atomic E-state index is -0.472. The van der Waals surface area contributed by atoms with Crippen LogP contribution in [0.1, 0.15) is 32.6 Å². The predicted molar refractivity (Wildman–Crippen MR) is 71.5 cm³/mol. The molecule has 18 heavy (non-hydrogen) atoms. The summed E-state index contributed by atoms with van der Waals surface area (Å²) in [6, 6.07) is 0. The standard InChI is InChI=1S/C14H27NO3/c1-4-11-5-6-14(17)12(7-11)8-15(2)9-13(16)10-18-3/h11-13,16H,4-10H2,1-3H3. The number of methoxy groups -OCH3 is 1. The average Bonchev–Trinajstić information content (AvgIpc) is 2.32. The van der Waals surface area contributed by atoms with Gasteiger partial charge in [0, 0.05) is 32.5 Å². The third-order valence-electron chi connectivity index (χ3n) is 3.86. The van der Waals surface area contributed by atoms with Gasteiger partial charge >= 0.3 is 0 Å². The van der Waals surface area contributed by atoms with Crippen molar-refractivity contribution in [1.82, 2.24) is 4.90 Å². The fourth-order valence-corrected chi connectivity index (χ4v) is 2.80. The fraction of sp³-hybridized carbons (Fsp3) is 0.929.